The van der Waals surface area contributed by atoms with Crippen molar-refractivity contribution in [2.75, 3.05) is 7.11 Å². The lowest BCUT2D eigenvalue weighted by Gasteiger charge is -2.04. The highest BCUT2D eigenvalue weighted by atomic mass is 16.5. The molecule has 0 aliphatic heterocycles. The second kappa shape index (κ2) is 4.50. The molecule has 0 aromatic heterocycles. The first kappa shape index (κ1) is 9.58. The maximum absolute atomic E-state index is 10.1. The van der Waals surface area contributed by atoms with Crippen LogP contribution in [-0.4, -0.2) is 18.5 Å². The van der Waals surface area contributed by atoms with Gasteiger partial charge in [0.25, 0.3) is 0 Å². The summed E-state index contributed by atoms with van der Waals surface area (Å²) in [6.07, 6.45) is 1.99. The molecule has 0 atom stereocenters. The minimum Gasteiger partial charge on any atom is -0.504 e. The third kappa shape index (κ3) is 2.47. The molecule has 0 amide bonds. The smallest absolute Gasteiger partial charge is 0.160 e. The summed E-state index contributed by atoms with van der Waals surface area (Å²) in [7, 11) is 1.50. The molecular weight excluding hydrogens is 168 g/mol. The van der Waals surface area contributed by atoms with E-state index < -0.39 is 0 Å². The van der Waals surface area contributed by atoms with Crippen LogP contribution in [0.3, 0.4) is 0 Å². The predicted octanol–water partition coefficient (Wildman–Crippen LogP) is 1.53. The van der Waals surface area contributed by atoms with Gasteiger partial charge >= 0.3 is 0 Å². The van der Waals surface area contributed by atoms with E-state index in [0.717, 1.165) is 11.8 Å². The van der Waals surface area contributed by atoms with Crippen molar-refractivity contribution in [3.8, 4) is 11.5 Å². The summed E-state index contributed by atoms with van der Waals surface area (Å²) in [6, 6.07) is 5.14. The van der Waals surface area contributed by atoms with Gasteiger partial charge in [0.15, 0.2) is 11.5 Å². The average molecular weight is 180 g/mol. The highest BCUT2D eigenvalue weighted by molar-refractivity contribution is 5.50. The lowest BCUT2D eigenvalue weighted by Crippen LogP contribution is -1.88. The minimum absolute atomic E-state index is 0.117. The number of carbonyl (C=O) groups excluding carboxylic acids is 1. The second-order valence-electron chi connectivity index (χ2n) is 2.71. The van der Waals surface area contributed by atoms with Gasteiger partial charge in [-0.25, -0.2) is 0 Å². The fourth-order valence-electron chi connectivity index (χ4n) is 1.12. The molecule has 0 saturated heterocycles. The zero-order chi connectivity index (χ0) is 9.68. The standard InChI is InChI=1S/C10H12O3/c1-13-10-5-4-8(3-2-6-11)7-9(10)12/h4-7,12H,2-3H2,1H3. The number of methoxy groups -OCH3 is 1. The van der Waals surface area contributed by atoms with Crippen molar-refractivity contribution in [2.45, 2.75) is 12.8 Å². The lowest BCUT2D eigenvalue weighted by atomic mass is 10.1. The number of hydrogen-bond donors (Lipinski definition) is 1. The molecule has 3 nitrogen and oxygen atoms in total. The van der Waals surface area contributed by atoms with E-state index in [-0.39, 0.29) is 5.75 Å². The number of ether oxygens (including phenoxy) is 1. The maximum atomic E-state index is 10.1. The van der Waals surface area contributed by atoms with Crippen LogP contribution in [0.15, 0.2) is 18.2 Å². The van der Waals surface area contributed by atoms with Crippen molar-refractivity contribution in [1.82, 2.24) is 0 Å². The van der Waals surface area contributed by atoms with Gasteiger partial charge in [-0.05, 0) is 24.1 Å². The molecule has 1 rings (SSSR count). The highest BCUT2D eigenvalue weighted by Gasteiger charge is 2.01. The number of aromatic hydroxyl groups is 1. The van der Waals surface area contributed by atoms with E-state index in [0.29, 0.717) is 18.6 Å². The summed E-state index contributed by atoms with van der Waals surface area (Å²) in [5, 5.41) is 9.38. The minimum atomic E-state index is 0.117. The molecular formula is C10H12O3. The van der Waals surface area contributed by atoms with Crippen LogP contribution in [0.25, 0.3) is 0 Å². The van der Waals surface area contributed by atoms with Gasteiger partial charge in [0.05, 0.1) is 7.11 Å². The van der Waals surface area contributed by atoms with Crippen LogP contribution in [0, 0.1) is 0 Å². The van der Waals surface area contributed by atoms with E-state index in [9.17, 15) is 9.90 Å². The van der Waals surface area contributed by atoms with Gasteiger partial charge in [0, 0.05) is 6.42 Å². The molecule has 0 heterocycles. The Hall–Kier alpha value is -1.51. The Kier molecular flexibility index (Phi) is 3.31. The summed E-state index contributed by atoms with van der Waals surface area (Å²) in [5.41, 5.74) is 0.936. The number of aldehydes is 1. The van der Waals surface area contributed by atoms with E-state index >= 15 is 0 Å². The van der Waals surface area contributed by atoms with E-state index in [1.54, 1.807) is 12.1 Å². The maximum Gasteiger partial charge on any atom is 0.160 e. The molecule has 0 fully saturated rings. The van der Waals surface area contributed by atoms with Crippen molar-refractivity contribution < 1.29 is 14.6 Å². The molecule has 0 radical (unpaired) electrons. The van der Waals surface area contributed by atoms with Crippen LogP contribution in [0.4, 0.5) is 0 Å². The normalized spacial score (nSPS) is 9.62. The molecule has 0 bridgehead atoms. The van der Waals surface area contributed by atoms with Gasteiger partial charge in [-0.15, -0.1) is 0 Å². The van der Waals surface area contributed by atoms with Crippen LogP contribution in [0.2, 0.25) is 0 Å². The Morgan fingerprint density at radius 3 is 2.85 bits per heavy atom. The highest BCUT2D eigenvalue weighted by Crippen LogP contribution is 2.26. The molecule has 0 aliphatic carbocycles. The van der Waals surface area contributed by atoms with Crippen molar-refractivity contribution in [3.63, 3.8) is 0 Å². The number of hydrogen-bond acceptors (Lipinski definition) is 3. The van der Waals surface area contributed by atoms with Crippen molar-refractivity contribution >= 4 is 6.29 Å². The number of aryl methyl sites for hydroxylation is 1. The number of carbonyl (C=O) groups is 1. The number of benzene rings is 1. The van der Waals surface area contributed by atoms with E-state index in [2.05, 4.69) is 0 Å². The Morgan fingerprint density at radius 1 is 1.54 bits per heavy atom. The number of phenolic OH excluding ortho intramolecular Hbond substituents is 1. The third-order valence-corrected chi connectivity index (χ3v) is 1.79. The molecule has 1 aromatic rings. The molecule has 0 unspecified atom stereocenters. The Bertz CT molecular complexity index is 294. The fourth-order valence-corrected chi connectivity index (χ4v) is 1.12. The molecule has 3 heteroatoms. The summed E-state index contributed by atoms with van der Waals surface area (Å²) in [6.45, 7) is 0. The van der Waals surface area contributed by atoms with Gasteiger partial charge in [-0.2, -0.15) is 0 Å². The van der Waals surface area contributed by atoms with Crippen LogP contribution >= 0.6 is 0 Å². The van der Waals surface area contributed by atoms with E-state index in [1.807, 2.05) is 6.07 Å². The van der Waals surface area contributed by atoms with Gasteiger partial charge in [0.2, 0.25) is 0 Å². The van der Waals surface area contributed by atoms with E-state index in [1.165, 1.54) is 7.11 Å². The monoisotopic (exact) mass is 180 g/mol. The van der Waals surface area contributed by atoms with Gasteiger partial charge < -0.3 is 14.6 Å². The van der Waals surface area contributed by atoms with Crippen molar-refractivity contribution in [3.05, 3.63) is 23.8 Å². The summed E-state index contributed by atoms with van der Waals surface area (Å²) in [5.74, 6) is 0.570. The second-order valence-corrected chi connectivity index (χ2v) is 2.71. The lowest BCUT2D eigenvalue weighted by molar-refractivity contribution is -0.107. The van der Waals surface area contributed by atoms with Crippen molar-refractivity contribution in [1.29, 1.82) is 0 Å². The third-order valence-electron chi connectivity index (χ3n) is 1.79. The Morgan fingerprint density at radius 2 is 2.31 bits per heavy atom. The fraction of sp³-hybridized carbons (Fsp3) is 0.300. The Balaban J connectivity index is 2.76. The molecule has 0 saturated carbocycles. The molecule has 0 aliphatic rings. The van der Waals surface area contributed by atoms with Crippen LogP contribution in [0.1, 0.15) is 12.0 Å². The Labute approximate surface area is 77.0 Å². The van der Waals surface area contributed by atoms with Crippen LogP contribution in [-0.2, 0) is 11.2 Å². The quantitative estimate of drug-likeness (QED) is 0.715. The molecule has 70 valence electrons. The molecule has 13 heavy (non-hydrogen) atoms. The summed E-state index contributed by atoms with van der Waals surface area (Å²) < 4.78 is 4.88. The van der Waals surface area contributed by atoms with Crippen LogP contribution in [0.5, 0.6) is 11.5 Å². The molecule has 1 N–H and O–H groups in total. The largest absolute Gasteiger partial charge is 0.504 e. The zero-order valence-electron chi connectivity index (χ0n) is 7.49. The average Bonchev–Trinajstić information content (AvgIpc) is 2.15. The van der Waals surface area contributed by atoms with Crippen molar-refractivity contribution in [2.24, 2.45) is 0 Å². The molecule has 0 spiro atoms. The van der Waals surface area contributed by atoms with Crippen LogP contribution < -0.4 is 4.74 Å². The van der Waals surface area contributed by atoms with Gasteiger partial charge in [-0.3, -0.25) is 0 Å². The first-order valence-electron chi connectivity index (χ1n) is 4.07. The first-order chi connectivity index (χ1) is 6.27. The SMILES string of the molecule is COc1ccc(CCC=O)cc1O. The van der Waals surface area contributed by atoms with E-state index in [4.69, 9.17) is 4.74 Å². The summed E-state index contributed by atoms with van der Waals surface area (Å²) in [4.78, 5) is 10.1. The first-order valence-corrected chi connectivity index (χ1v) is 4.07. The predicted molar refractivity (Wildman–Crippen MR) is 49.0 cm³/mol. The van der Waals surface area contributed by atoms with Gasteiger partial charge in [-0.1, -0.05) is 6.07 Å². The zero-order valence-corrected chi connectivity index (χ0v) is 7.49. The number of phenols is 1. The molecule has 1 aromatic carbocycles. The number of rotatable bonds is 4. The summed E-state index contributed by atoms with van der Waals surface area (Å²) >= 11 is 0. The van der Waals surface area contributed by atoms with Gasteiger partial charge in [0.1, 0.15) is 6.29 Å². The topological polar surface area (TPSA) is 46.5 Å².